The van der Waals surface area contributed by atoms with E-state index < -0.39 is 5.92 Å². The molecule has 9 heteroatoms. The zero-order chi connectivity index (χ0) is 24.1. The fourth-order valence-corrected chi connectivity index (χ4v) is 4.26. The van der Waals surface area contributed by atoms with Gasteiger partial charge in [0.05, 0.1) is 43.2 Å². The van der Waals surface area contributed by atoms with E-state index in [1.807, 2.05) is 0 Å². The quantitative estimate of drug-likeness (QED) is 0.618. The Morgan fingerprint density at radius 3 is 2.71 bits per heavy atom. The Balaban J connectivity index is 1.43. The first-order chi connectivity index (χ1) is 16.5. The van der Waals surface area contributed by atoms with Crippen molar-refractivity contribution < 1.29 is 28.6 Å². The molecular formula is C25H29N3O6. The first kappa shape index (κ1) is 23.6. The summed E-state index contributed by atoms with van der Waals surface area (Å²) in [5, 5.41) is 5.72. The molecule has 2 aromatic rings. The van der Waals surface area contributed by atoms with E-state index in [4.69, 9.17) is 14.2 Å². The van der Waals surface area contributed by atoms with Gasteiger partial charge in [-0.15, -0.1) is 0 Å². The highest BCUT2D eigenvalue weighted by Crippen LogP contribution is 2.36. The molecule has 2 atom stereocenters. The van der Waals surface area contributed by atoms with Crippen LogP contribution in [0.2, 0.25) is 0 Å². The van der Waals surface area contributed by atoms with Crippen LogP contribution >= 0.6 is 0 Å². The molecule has 0 radical (unpaired) electrons. The molecule has 0 aliphatic carbocycles. The number of carbonyl (C=O) groups is 3. The summed E-state index contributed by atoms with van der Waals surface area (Å²) in [6.45, 7) is 1.35. The lowest BCUT2D eigenvalue weighted by molar-refractivity contribution is -0.122. The van der Waals surface area contributed by atoms with Gasteiger partial charge in [0.15, 0.2) is 0 Å². The van der Waals surface area contributed by atoms with E-state index in [0.717, 1.165) is 12.8 Å². The molecule has 9 nitrogen and oxygen atoms in total. The van der Waals surface area contributed by atoms with Crippen LogP contribution in [0, 0.1) is 5.92 Å². The summed E-state index contributed by atoms with van der Waals surface area (Å²) in [7, 11) is 3.07. The van der Waals surface area contributed by atoms with Gasteiger partial charge in [-0.3, -0.25) is 14.4 Å². The third-order valence-corrected chi connectivity index (χ3v) is 6.12. The molecule has 2 aromatic carbocycles. The van der Waals surface area contributed by atoms with Crippen molar-refractivity contribution in [3.05, 3.63) is 48.0 Å². The highest BCUT2D eigenvalue weighted by molar-refractivity contribution is 6.07. The van der Waals surface area contributed by atoms with Crippen molar-refractivity contribution in [2.45, 2.75) is 25.4 Å². The number of hydrogen-bond acceptors (Lipinski definition) is 6. The lowest BCUT2D eigenvalue weighted by Crippen LogP contribution is -2.33. The molecule has 2 saturated heterocycles. The number of nitrogens with zero attached hydrogens (tertiary/aromatic N) is 1. The van der Waals surface area contributed by atoms with Gasteiger partial charge in [-0.25, -0.2) is 0 Å². The van der Waals surface area contributed by atoms with Crippen LogP contribution in [0.5, 0.6) is 11.5 Å². The van der Waals surface area contributed by atoms with Crippen LogP contribution in [0.15, 0.2) is 42.5 Å². The molecule has 0 saturated carbocycles. The molecule has 0 aromatic heterocycles. The molecule has 0 spiro atoms. The van der Waals surface area contributed by atoms with Crippen LogP contribution in [0.4, 0.5) is 11.4 Å². The molecular weight excluding hydrogens is 438 g/mol. The summed E-state index contributed by atoms with van der Waals surface area (Å²) in [5.74, 6) is -0.243. The van der Waals surface area contributed by atoms with Crippen LogP contribution in [0.1, 0.15) is 29.6 Å². The average molecular weight is 468 g/mol. The monoisotopic (exact) mass is 467 g/mol. The van der Waals surface area contributed by atoms with Crippen LogP contribution in [-0.2, 0) is 14.3 Å². The van der Waals surface area contributed by atoms with Crippen molar-refractivity contribution in [3.8, 4) is 11.5 Å². The average Bonchev–Trinajstić information content (AvgIpc) is 3.52. The fraction of sp³-hybridized carbons (Fsp3) is 0.400. The topological polar surface area (TPSA) is 106 Å². The minimum absolute atomic E-state index is 0.0242. The minimum atomic E-state index is -0.567. The second-order valence-electron chi connectivity index (χ2n) is 8.32. The summed E-state index contributed by atoms with van der Waals surface area (Å²) in [6, 6.07) is 12.0. The van der Waals surface area contributed by atoms with Crippen molar-refractivity contribution in [1.82, 2.24) is 5.32 Å². The summed E-state index contributed by atoms with van der Waals surface area (Å²) < 4.78 is 16.2. The van der Waals surface area contributed by atoms with Crippen LogP contribution in [0.3, 0.4) is 0 Å². The molecule has 0 unspecified atom stereocenters. The maximum Gasteiger partial charge on any atom is 0.253 e. The molecule has 4 rings (SSSR count). The number of hydrogen-bond donors (Lipinski definition) is 2. The Hall–Kier alpha value is -3.59. The zero-order valence-electron chi connectivity index (χ0n) is 19.3. The second-order valence-corrected chi connectivity index (χ2v) is 8.32. The van der Waals surface area contributed by atoms with Crippen molar-refractivity contribution in [2.24, 2.45) is 5.92 Å². The van der Waals surface area contributed by atoms with Crippen molar-refractivity contribution in [2.75, 3.05) is 44.1 Å². The zero-order valence-corrected chi connectivity index (χ0v) is 19.3. The molecule has 34 heavy (non-hydrogen) atoms. The number of para-hydroxylation sites is 1. The smallest absolute Gasteiger partial charge is 0.253 e. The summed E-state index contributed by atoms with van der Waals surface area (Å²) in [6.07, 6.45) is 2.00. The molecule has 3 amide bonds. The van der Waals surface area contributed by atoms with Crippen LogP contribution in [-0.4, -0.2) is 57.7 Å². The van der Waals surface area contributed by atoms with Gasteiger partial charge in [0.2, 0.25) is 11.8 Å². The van der Waals surface area contributed by atoms with Gasteiger partial charge in [-0.05, 0) is 37.1 Å². The normalized spacial score (nSPS) is 19.7. The van der Waals surface area contributed by atoms with Crippen LogP contribution in [0.25, 0.3) is 0 Å². The Bertz CT molecular complexity index is 1070. The lowest BCUT2D eigenvalue weighted by Gasteiger charge is -2.20. The van der Waals surface area contributed by atoms with E-state index in [-0.39, 0.29) is 36.8 Å². The number of ether oxygens (including phenoxy) is 3. The van der Waals surface area contributed by atoms with E-state index in [9.17, 15) is 14.4 Å². The van der Waals surface area contributed by atoms with Crippen molar-refractivity contribution >= 4 is 29.1 Å². The Kier molecular flexibility index (Phi) is 7.32. The Morgan fingerprint density at radius 2 is 1.97 bits per heavy atom. The van der Waals surface area contributed by atoms with Gasteiger partial charge in [0, 0.05) is 32.2 Å². The Labute approximate surface area is 198 Å². The first-order valence-electron chi connectivity index (χ1n) is 11.3. The number of rotatable bonds is 8. The highest BCUT2D eigenvalue weighted by atomic mass is 16.5. The number of benzene rings is 2. The number of anilines is 2. The van der Waals surface area contributed by atoms with Gasteiger partial charge < -0.3 is 29.7 Å². The molecule has 2 aliphatic heterocycles. The molecule has 0 bridgehead atoms. The number of amides is 3. The van der Waals surface area contributed by atoms with Gasteiger partial charge in [-0.1, -0.05) is 12.1 Å². The third-order valence-electron chi connectivity index (χ3n) is 6.12. The van der Waals surface area contributed by atoms with Crippen molar-refractivity contribution in [3.63, 3.8) is 0 Å². The molecule has 2 heterocycles. The predicted molar refractivity (Wildman–Crippen MR) is 126 cm³/mol. The third kappa shape index (κ3) is 5.14. The SMILES string of the molecule is COc1ccc(N2C[C@H](C(=O)Nc3ccccc3C(=O)NC[C@@H]3CCCO3)CC2=O)c(OC)c1. The van der Waals surface area contributed by atoms with E-state index in [2.05, 4.69) is 10.6 Å². The largest absolute Gasteiger partial charge is 0.497 e. The summed E-state index contributed by atoms with van der Waals surface area (Å²) in [5.41, 5.74) is 1.36. The van der Waals surface area contributed by atoms with E-state index in [0.29, 0.717) is 41.6 Å². The standard InChI is InChI=1S/C25H29N3O6/c1-32-17-9-10-21(22(13-17)33-2)28-15-16(12-23(28)29)24(30)27-20-8-4-3-7-19(20)25(31)26-14-18-6-5-11-34-18/h3-4,7-10,13,16,18H,5-6,11-12,14-15H2,1-2H3,(H,26,31)(H,27,30)/t16-,18+/m1/s1. The van der Waals surface area contributed by atoms with E-state index in [1.165, 1.54) is 7.11 Å². The first-order valence-corrected chi connectivity index (χ1v) is 11.3. The van der Waals surface area contributed by atoms with E-state index >= 15 is 0 Å². The number of methoxy groups -OCH3 is 2. The minimum Gasteiger partial charge on any atom is -0.497 e. The van der Waals surface area contributed by atoms with E-state index in [1.54, 1.807) is 54.5 Å². The fourth-order valence-electron chi connectivity index (χ4n) is 4.26. The van der Waals surface area contributed by atoms with Crippen LogP contribution < -0.4 is 25.0 Å². The van der Waals surface area contributed by atoms with Gasteiger partial charge in [0.25, 0.3) is 5.91 Å². The predicted octanol–water partition coefficient (Wildman–Crippen LogP) is 2.60. The van der Waals surface area contributed by atoms with Gasteiger partial charge in [-0.2, -0.15) is 0 Å². The highest BCUT2D eigenvalue weighted by Gasteiger charge is 2.36. The maximum absolute atomic E-state index is 13.0. The van der Waals surface area contributed by atoms with Gasteiger partial charge >= 0.3 is 0 Å². The van der Waals surface area contributed by atoms with Gasteiger partial charge in [0.1, 0.15) is 11.5 Å². The van der Waals surface area contributed by atoms with Crippen molar-refractivity contribution in [1.29, 1.82) is 0 Å². The summed E-state index contributed by atoms with van der Waals surface area (Å²) in [4.78, 5) is 40.1. The lowest BCUT2D eigenvalue weighted by atomic mass is 10.1. The molecule has 2 aliphatic rings. The molecule has 2 N–H and O–H groups in total. The second kappa shape index (κ2) is 10.6. The molecule has 180 valence electrons. The summed E-state index contributed by atoms with van der Waals surface area (Å²) >= 11 is 0. The number of carbonyl (C=O) groups excluding carboxylic acids is 3. The Morgan fingerprint density at radius 1 is 1.15 bits per heavy atom. The maximum atomic E-state index is 13.0. The number of nitrogens with one attached hydrogen (secondary N) is 2. The molecule has 2 fully saturated rings.